The molecule has 0 spiro atoms. The normalized spacial score (nSPS) is 23.6. The molecule has 1 saturated heterocycles. The Hall–Kier alpha value is -0.660. The Bertz CT molecular complexity index is 566. The third-order valence-corrected chi connectivity index (χ3v) is 5.77. The molecule has 1 aliphatic rings. The van der Waals surface area contributed by atoms with Gasteiger partial charge in [-0.3, -0.25) is 0 Å². The first-order valence-corrected chi connectivity index (χ1v) is 8.81. The van der Waals surface area contributed by atoms with E-state index < -0.39 is 10.0 Å². The number of rotatable bonds is 6. The van der Waals surface area contributed by atoms with Gasteiger partial charge in [-0.05, 0) is 11.1 Å². The highest BCUT2D eigenvalue weighted by Gasteiger charge is 2.38. The highest BCUT2D eigenvalue weighted by molar-refractivity contribution is 7.88. The lowest BCUT2D eigenvalue weighted by Crippen LogP contribution is -2.31. The van der Waals surface area contributed by atoms with Gasteiger partial charge in [0, 0.05) is 33.2 Å². The van der Waals surface area contributed by atoms with Crippen molar-refractivity contribution in [1.82, 2.24) is 4.31 Å². The SMILES string of the molecule is COC1CN(S(=O)(=O)Cc2cccc(CCl)c2)CC1OC. The molecular formula is C14H20ClNO4S. The van der Waals surface area contributed by atoms with Gasteiger partial charge >= 0.3 is 0 Å². The molecule has 0 bridgehead atoms. The van der Waals surface area contributed by atoms with Gasteiger partial charge in [-0.1, -0.05) is 24.3 Å². The number of benzene rings is 1. The number of hydrogen-bond acceptors (Lipinski definition) is 4. The van der Waals surface area contributed by atoms with E-state index in [1.165, 1.54) is 4.31 Å². The van der Waals surface area contributed by atoms with E-state index in [9.17, 15) is 8.42 Å². The quantitative estimate of drug-likeness (QED) is 0.742. The van der Waals surface area contributed by atoms with Crippen LogP contribution in [0.25, 0.3) is 0 Å². The summed E-state index contributed by atoms with van der Waals surface area (Å²) < 4.78 is 37.0. The molecule has 21 heavy (non-hydrogen) atoms. The molecule has 2 rings (SSSR count). The molecule has 0 N–H and O–H groups in total. The van der Waals surface area contributed by atoms with Gasteiger partial charge in [0.2, 0.25) is 10.0 Å². The van der Waals surface area contributed by atoms with Crippen molar-refractivity contribution in [3.63, 3.8) is 0 Å². The first kappa shape index (κ1) is 16.7. The number of methoxy groups -OCH3 is 2. The lowest BCUT2D eigenvalue weighted by Gasteiger charge is -2.16. The maximum atomic E-state index is 12.5. The summed E-state index contributed by atoms with van der Waals surface area (Å²) in [5.74, 6) is 0.333. The molecule has 0 aromatic heterocycles. The van der Waals surface area contributed by atoms with Crippen LogP contribution in [-0.2, 0) is 31.1 Å². The molecule has 0 saturated carbocycles. The van der Waals surface area contributed by atoms with Crippen LogP contribution in [0, 0.1) is 0 Å². The van der Waals surface area contributed by atoms with Crippen molar-refractivity contribution in [2.45, 2.75) is 23.8 Å². The van der Waals surface area contributed by atoms with Gasteiger partial charge in [-0.2, -0.15) is 4.31 Å². The molecule has 5 nitrogen and oxygen atoms in total. The summed E-state index contributed by atoms with van der Waals surface area (Å²) >= 11 is 5.78. The van der Waals surface area contributed by atoms with E-state index in [0.29, 0.717) is 19.0 Å². The lowest BCUT2D eigenvalue weighted by atomic mass is 10.2. The first-order valence-electron chi connectivity index (χ1n) is 6.67. The summed E-state index contributed by atoms with van der Waals surface area (Å²) in [5, 5.41) is 0. The van der Waals surface area contributed by atoms with Crippen molar-refractivity contribution in [3.8, 4) is 0 Å². The van der Waals surface area contributed by atoms with Crippen LogP contribution in [0.5, 0.6) is 0 Å². The fourth-order valence-corrected chi connectivity index (χ4v) is 4.19. The Morgan fingerprint density at radius 2 is 1.76 bits per heavy atom. The Morgan fingerprint density at radius 1 is 1.19 bits per heavy atom. The fourth-order valence-electron chi connectivity index (χ4n) is 2.50. The van der Waals surface area contributed by atoms with Gasteiger partial charge in [0.15, 0.2) is 0 Å². The summed E-state index contributed by atoms with van der Waals surface area (Å²) in [5.41, 5.74) is 1.65. The molecule has 7 heteroatoms. The van der Waals surface area contributed by atoms with Crippen molar-refractivity contribution in [3.05, 3.63) is 35.4 Å². The number of sulfonamides is 1. The number of nitrogens with zero attached hydrogens (tertiary/aromatic N) is 1. The second-order valence-electron chi connectivity index (χ2n) is 5.08. The summed E-state index contributed by atoms with van der Waals surface area (Å²) in [4.78, 5) is 0. The molecule has 0 amide bonds. The molecule has 1 aromatic carbocycles. The lowest BCUT2D eigenvalue weighted by molar-refractivity contribution is -0.00461. The van der Waals surface area contributed by atoms with Gasteiger partial charge < -0.3 is 9.47 Å². The van der Waals surface area contributed by atoms with E-state index in [1.54, 1.807) is 20.3 Å². The standard InChI is InChI=1S/C14H20ClNO4S/c1-19-13-8-16(9-14(13)20-2)21(17,18)10-12-5-3-4-11(6-12)7-15/h3-6,13-14H,7-10H2,1-2H3. The molecule has 1 fully saturated rings. The zero-order chi connectivity index (χ0) is 15.5. The Morgan fingerprint density at radius 3 is 2.29 bits per heavy atom. The van der Waals surface area contributed by atoms with Gasteiger partial charge in [0.1, 0.15) is 0 Å². The first-order chi connectivity index (χ1) is 10.00. The second-order valence-corrected chi connectivity index (χ2v) is 7.31. The summed E-state index contributed by atoms with van der Waals surface area (Å²) in [6.07, 6.45) is -0.446. The van der Waals surface area contributed by atoms with Gasteiger partial charge in [0.25, 0.3) is 0 Å². The van der Waals surface area contributed by atoms with E-state index >= 15 is 0 Å². The van der Waals surface area contributed by atoms with Crippen LogP contribution < -0.4 is 0 Å². The van der Waals surface area contributed by atoms with Crippen LogP contribution >= 0.6 is 11.6 Å². The van der Waals surface area contributed by atoms with Crippen molar-refractivity contribution >= 4 is 21.6 Å². The number of ether oxygens (including phenoxy) is 2. The molecule has 0 aliphatic carbocycles. The van der Waals surface area contributed by atoms with Crippen LogP contribution in [-0.4, -0.2) is 52.2 Å². The van der Waals surface area contributed by atoms with Crippen LogP contribution in [0.2, 0.25) is 0 Å². The van der Waals surface area contributed by atoms with Gasteiger partial charge in [0.05, 0.1) is 18.0 Å². The van der Waals surface area contributed by atoms with Crippen molar-refractivity contribution in [1.29, 1.82) is 0 Å². The predicted molar refractivity (Wildman–Crippen MR) is 81.8 cm³/mol. The van der Waals surface area contributed by atoms with E-state index in [4.69, 9.17) is 21.1 Å². The van der Waals surface area contributed by atoms with Crippen LogP contribution in [0.3, 0.4) is 0 Å². The topological polar surface area (TPSA) is 55.8 Å². The van der Waals surface area contributed by atoms with Crippen LogP contribution in [0.15, 0.2) is 24.3 Å². The van der Waals surface area contributed by atoms with E-state index in [-0.39, 0.29) is 18.0 Å². The van der Waals surface area contributed by atoms with E-state index in [1.807, 2.05) is 18.2 Å². The molecule has 118 valence electrons. The molecule has 0 radical (unpaired) electrons. The Labute approximate surface area is 130 Å². The van der Waals surface area contributed by atoms with Crippen LogP contribution in [0.4, 0.5) is 0 Å². The number of halogens is 1. The minimum atomic E-state index is -3.39. The van der Waals surface area contributed by atoms with Crippen molar-refractivity contribution < 1.29 is 17.9 Å². The summed E-state index contributed by atoms with van der Waals surface area (Å²) in [7, 11) is -0.261. The largest absolute Gasteiger partial charge is 0.377 e. The average Bonchev–Trinajstić information content (AvgIpc) is 2.91. The molecule has 2 unspecified atom stereocenters. The molecule has 1 aliphatic heterocycles. The molecule has 2 atom stereocenters. The number of hydrogen-bond donors (Lipinski definition) is 0. The predicted octanol–water partition coefficient (Wildman–Crippen LogP) is 1.60. The second kappa shape index (κ2) is 7.07. The van der Waals surface area contributed by atoms with Crippen molar-refractivity contribution in [2.75, 3.05) is 27.3 Å². The fraction of sp³-hybridized carbons (Fsp3) is 0.571. The molecule has 1 aromatic rings. The summed E-state index contributed by atoms with van der Waals surface area (Å²) in [6, 6.07) is 7.32. The molecule has 1 heterocycles. The zero-order valence-electron chi connectivity index (χ0n) is 12.2. The number of alkyl halides is 1. The zero-order valence-corrected chi connectivity index (χ0v) is 13.7. The van der Waals surface area contributed by atoms with Crippen molar-refractivity contribution in [2.24, 2.45) is 0 Å². The minimum absolute atomic E-state index is 0.0371. The maximum Gasteiger partial charge on any atom is 0.218 e. The molecular weight excluding hydrogens is 314 g/mol. The highest BCUT2D eigenvalue weighted by Crippen LogP contribution is 2.22. The third-order valence-electron chi connectivity index (χ3n) is 3.68. The minimum Gasteiger partial charge on any atom is -0.377 e. The van der Waals surface area contributed by atoms with E-state index in [0.717, 1.165) is 11.1 Å². The van der Waals surface area contributed by atoms with Gasteiger partial charge in [-0.25, -0.2) is 8.42 Å². The maximum absolute atomic E-state index is 12.5. The third kappa shape index (κ3) is 3.96. The monoisotopic (exact) mass is 333 g/mol. The average molecular weight is 334 g/mol. The Balaban J connectivity index is 2.11. The van der Waals surface area contributed by atoms with Crippen LogP contribution in [0.1, 0.15) is 11.1 Å². The highest BCUT2D eigenvalue weighted by atomic mass is 35.5. The Kier molecular flexibility index (Phi) is 5.62. The van der Waals surface area contributed by atoms with E-state index in [2.05, 4.69) is 0 Å². The summed E-state index contributed by atoms with van der Waals surface area (Å²) in [6.45, 7) is 0.652. The van der Waals surface area contributed by atoms with Gasteiger partial charge in [-0.15, -0.1) is 11.6 Å². The smallest absolute Gasteiger partial charge is 0.218 e.